The van der Waals surface area contributed by atoms with E-state index in [-0.39, 0.29) is 18.0 Å². The standard InChI is InChI=1S/C15H19N3O/c1-11(2)17-13-7-5-9-18(15(13)19)14-8-4-3-6-12(14)10-16/h3-4,6,8,11,13,17H,5,7,9H2,1-2H3. The lowest BCUT2D eigenvalue weighted by molar-refractivity contribution is -0.121. The second-order valence-electron chi connectivity index (χ2n) is 5.14. The van der Waals surface area contributed by atoms with Crippen LogP contribution in [0.15, 0.2) is 24.3 Å². The Labute approximate surface area is 114 Å². The quantitative estimate of drug-likeness (QED) is 0.901. The zero-order valence-electron chi connectivity index (χ0n) is 11.4. The van der Waals surface area contributed by atoms with Crippen molar-refractivity contribution in [2.45, 2.75) is 38.8 Å². The molecule has 100 valence electrons. The van der Waals surface area contributed by atoms with Gasteiger partial charge in [-0.2, -0.15) is 5.26 Å². The average Bonchev–Trinajstić information content (AvgIpc) is 2.41. The molecule has 0 radical (unpaired) electrons. The Morgan fingerprint density at radius 1 is 1.42 bits per heavy atom. The molecule has 1 aliphatic heterocycles. The molecular formula is C15H19N3O. The Morgan fingerprint density at radius 3 is 2.84 bits per heavy atom. The van der Waals surface area contributed by atoms with Crippen molar-refractivity contribution in [2.24, 2.45) is 0 Å². The zero-order valence-corrected chi connectivity index (χ0v) is 11.4. The Hall–Kier alpha value is -1.86. The molecule has 1 fully saturated rings. The van der Waals surface area contributed by atoms with Crippen LogP contribution in [0.5, 0.6) is 0 Å². The maximum absolute atomic E-state index is 12.5. The fourth-order valence-corrected chi connectivity index (χ4v) is 2.48. The monoisotopic (exact) mass is 257 g/mol. The molecule has 1 atom stereocenters. The molecule has 2 rings (SSSR count). The fraction of sp³-hybridized carbons (Fsp3) is 0.467. The highest BCUT2D eigenvalue weighted by atomic mass is 16.2. The van der Waals surface area contributed by atoms with Crippen molar-refractivity contribution in [3.05, 3.63) is 29.8 Å². The molecule has 0 aromatic heterocycles. The van der Waals surface area contributed by atoms with Gasteiger partial charge in [0.15, 0.2) is 0 Å². The third-order valence-electron chi connectivity index (χ3n) is 3.29. The van der Waals surface area contributed by atoms with Gasteiger partial charge in [0.2, 0.25) is 5.91 Å². The Morgan fingerprint density at radius 2 is 2.16 bits per heavy atom. The van der Waals surface area contributed by atoms with Crippen LogP contribution >= 0.6 is 0 Å². The molecule has 1 aromatic rings. The summed E-state index contributed by atoms with van der Waals surface area (Å²) in [5.74, 6) is 0.0719. The number of nitrogens with zero attached hydrogens (tertiary/aromatic N) is 2. The van der Waals surface area contributed by atoms with E-state index in [2.05, 4.69) is 11.4 Å². The van der Waals surface area contributed by atoms with Gasteiger partial charge < -0.3 is 10.2 Å². The smallest absolute Gasteiger partial charge is 0.244 e. The van der Waals surface area contributed by atoms with Crippen molar-refractivity contribution < 1.29 is 4.79 Å². The average molecular weight is 257 g/mol. The van der Waals surface area contributed by atoms with E-state index in [1.54, 1.807) is 11.0 Å². The van der Waals surface area contributed by atoms with Crippen molar-refractivity contribution in [3.63, 3.8) is 0 Å². The van der Waals surface area contributed by atoms with E-state index >= 15 is 0 Å². The van der Waals surface area contributed by atoms with Crippen LogP contribution in [0, 0.1) is 11.3 Å². The summed E-state index contributed by atoms with van der Waals surface area (Å²) >= 11 is 0. The Kier molecular flexibility index (Phi) is 4.18. The molecule has 1 aromatic carbocycles. The first-order chi connectivity index (χ1) is 9.13. The van der Waals surface area contributed by atoms with Crippen LogP contribution in [0.2, 0.25) is 0 Å². The van der Waals surface area contributed by atoms with E-state index in [4.69, 9.17) is 5.26 Å². The molecule has 0 saturated carbocycles. The van der Waals surface area contributed by atoms with E-state index in [0.29, 0.717) is 12.1 Å². The number of hydrogen-bond acceptors (Lipinski definition) is 3. The third kappa shape index (κ3) is 2.94. The molecule has 4 heteroatoms. The first kappa shape index (κ1) is 13.6. The van der Waals surface area contributed by atoms with Gasteiger partial charge in [-0.15, -0.1) is 0 Å². The summed E-state index contributed by atoms with van der Waals surface area (Å²) < 4.78 is 0. The SMILES string of the molecule is CC(C)NC1CCCN(c2ccccc2C#N)C1=O. The zero-order chi connectivity index (χ0) is 13.8. The van der Waals surface area contributed by atoms with Gasteiger partial charge in [-0.3, -0.25) is 4.79 Å². The summed E-state index contributed by atoms with van der Waals surface area (Å²) in [6.07, 6.45) is 1.82. The molecule has 1 unspecified atom stereocenters. The highest BCUT2D eigenvalue weighted by Crippen LogP contribution is 2.24. The van der Waals surface area contributed by atoms with Gasteiger partial charge in [-0.1, -0.05) is 26.0 Å². The van der Waals surface area contributed by atoms with Crippen molar-refractivity contribution in [3.8, 4) is 6.07 Å². The van der Waals surface area contributed by atoms with Gasteiger partial charge in [0.25, 0.3) is 0 Å². The van der Waals surface area contributed by atoms with Crippen molar-refractivity contribution in [1.29, 1.82) is 5.26 Å². The number of nitriles is 1. The number of nitrogens with one attached hydrogen (secondary N) is 1. The predicted molar refractivity (Wildman–Crippen MR) is 74.8 cm³/mol. The topological polar surface area (TPSA) is 56.1 Å². The summed E-state index contributed by atoms with van der Waals surface area (Å²) in [6.45, 7) is 4.76. The minimum absolute atomic E-state index is 0.0719. The molecule has 0 aliphatic carbocycles. The van der Waals surface area contributed by atoms with Gasteiger partial charge in [0.1, 0.15) is 6.07 Å². The van der Waals surface area contributed by atoms with Gasteiger partial charge in [0.05, 0.1) is 17.3 Å². The molecule has 19 heavy (non-hydrogen) atoms. The highest BCUT2D eigenvalue weighted by Gasteiger charge is 2.30. The number of benzene rings is 1. The lowest BCUT2D eigenvalue weighted by Crippen LogP contribution is -2.52. The van der Waals surface area contributed by atoms with E-state index < -0.39 is 0 Å². The van der Waals surface area contributed by atoms with Gasteiger partial charge in [-0.05, 0) is 25.0 Å². The number of amides is 1. The van der Waals surface area contributed by atoms with Crippen molar-refractivity contribution in [2.75, 3.05) is 11.4 Å². The number of carbonyl (C=O) groups is 1. The van der Waals surface area contributed by atoms with Crippen molar-refractivity contribution >= 4 is 11.6 Å². The van der Waals surface area contributed by atoms with Crippen LogP contribution in [0.25, 0.3) is 0 Å². The number of anilines is 1. The maximum atomic E-state index is 12.5. The summed E-state index contributed by atoms with van der Waals surface area (Å²) in [4.78, 5) is 14.2. The second kappa shape index (κ2) is 5.85. The normalized spacial score (nSPS) is 19.6. The molecule has 4 nitrogen and oxygen atoms in total. The second-order valence-corrected chi connectivity index (χ2v) is 5.14. The molecule has 1 amide bonds. The van der Waals surface area contributed by atoms with Crippen LogP contribution in [-0.4, -0.2) is 24.5 Å². The lowest BCUT2D eigenvalue weighted by atomic mass is 10.0. The van der Waals surface area contributed by atoms with E-state index in [9.17, 15) is 4.79 Å². The molecule has 1 aliphatic rings. The summed E-state index contributed by atoms with van der Waals surface area (Å²) in [7, 11) is 0. The largest absolute Gasteiger partial charge is 0.310 e. The Bertz CT molecular complexity index is 504. The molecule has 0 bridgehead atoms. The summed E-state index contributed by atoms with van der Waals surface area (Å²) in [5, 5.41) is 12.4. The minimum Gasteiger partial charge on any atom is -0.310 e. The van der Waals surface area contributed by atoms with E-state index in [1.807, 2.05) is 32.0 Å². The van der Waals surface area contributed by atoms with Crippen LogP contribution in [0.3, 0.4) is 0 Å². The number of para-hydroxylation sites is 1. The lowest BCUT2D eigenvalue weighted by Gasteiger charge is -2.34. The van der Waals surface area contributed by atoms with Gasteiger partial charge in [0, 0.05) is 12.6 Å². The number of hydrogen-bond donors (Lipinski definition) is 1. The van der Waals surface area contributed by atoms with Crippen LogP contribution < -0.4 is 10.2 Å². The first-order valence-corrected chi connectivity index (χ1v) is 6.70. The number of piperidine rings is 1. The van der Waals surface area contributed by atoms with Crippen LogP contribution in [0.1, 0.15) is 32.3 Å². The molecule has 1 saturated heterocycles. The molecular weight excluding hydrogens is 238 g/mol. The van der Waals surface area contributed by atoms with Crippen molar-refractivity contribution in [1.82, 2.24) is 5.32 Å². The number of rotatable bonds is 3. The predicted octanol–water partition coefficient (Wildman–Crippen LogP) is 2.05. The summed E-state index contributed by atoms with van der Waals surface area (Å²) in [6, 6.07) is 9.57. The maximum Gasteiger partial charge on any atom is 0.244 e. The Balaban J connectivity index is 2.25. The third-order valence-corrected chi connectivity index (χ3v) is 3.29. The molecule has 1 heterocycles. The highest BCUT2D eigenvalue weighted by molar-refractivity contribution is 5.99. The first-order valence-electron chi connectivity index (χ1n) is 6.70. The van der Waals surface area contributed by atoms with Gasteiger partial charge in [-0.25, -0.2) is 0 Å². The summed E-state index contributed by atoms with van der Waals surface area (Å²) in [5.41, 5.74) is 1.28. The molecule has 0 spiro atoms. The van der Waals surface area contributed by atoms with Crippen LogP contribution in [0.4, 0.5) is 5.69 Å². The van der Waals surface area contributed by atoms with E-state index in [1.165, 1.54) is 0 Å². The fourth-order valence-electron chi connectivity index (χ4n) is 2.48. The van der Waals surface area contributed by atoms with E-state index in [0.717, 1.165) is 18.5 Å². The van der Waals surface area contributed by atoms with Gasteiger partial charge >= 0.3 is 0 Å². The number of carbonyl (C=O) groups excluding carboxylic acids is 1. The molecule has 1 N–H and O–H groups in total. The minimum atomic E-state index is -0.138. The van der Waals surface area contributed by atoms with Crippen LogP contribution in [-0.2, 0) is 4.79 Å².